The second-order valence-corrected chi connectivity index (χ2v) is 7.58. The van der Waals surface area contributed by atoms with Crippen molar-refractivity contribution in [1.82, 2.24) is 5.32 Å². The molecule has 0 radical (unpaired) electrons. The van der Waals surface area contributed by atoms with Gasteiger partial charge in [0.05, 0.1) is 11.3 Å². The molecular weight excluding hydrogens is 302 g/mol. The molecule has 0 unspecified atom stereocenters. The molecule has 2 atom stereocenters. The Kier molecular flexibility index (Phi) is 5.89. The molecule has 2 rings (SSSR count). The molecule has 0 heterocycles. The quantitative estimate of drug-likeness (QED) is 0.786. The van der Waals surface area contributed by atoms with E-state index in [-0.39, 0.29) is 17.2 Å². The molecule has 0 bridgehead atoms. The van der Waals surface area contributed by atoms with Gasteiger partial charge in [-0.1, -0.05) is 41.5 Å². The average molecular weight is 327 g/mol. The van der Waals surface area contributed by atoms with Gasteiger partial charge in [-0.2, -0.15) is 0 Å². The predicted molar refractivity (Wildman–Crippen MR) is 99.0 cm³/mol. The lowest BCUT2D eigenvalue weighted by Gasteiger charge is -2.19. The maximum absolute atomic E-state index is 12.4. The lowest BCUT2D eigenvalue weighted by atomic mass is 10.0. The number of hydrogen-bond acceptors (Lipinski definition) is 2. The first-order valence-electron chi connectivity index (χ1n) is 7.97. The molecule has 23 heavy (non-hydrogen) atoms. The molecule has 0 aliphatic heterocycles. The highest BCUT2D eigenvalue weighted by Crippen LogP contribution is 2.25. The first-order chi connectivity index (χ1) is 10.9. The van der Waals surface area contributed by atoms with Gasteiger partial charge in [0.25, 0.3) is 0 Å². The van der Waals surface area contributed by atoms with E-state index in [1.165, 1.54) is 22.3 Å². The molecule has 3 heteroatoms. The maximum Gasteiger partial charge on any atom is 0.233 e. The van der Waals surface area contributed by atoms with Gasteiger partial charge in [-0.05, 0) is 57.9 Å². The Balaban J connectivity index is 1.98. The zero-order valence-electron chi connectivity index (χ0n) is 14.5. The van der Waals surface area contributed by atoms with E-state index in [2.05, 4.69) is 68.6 Å². The number of hydrogen-bond donors (Lipinski definition) is 1. The summed E-state index contributed by atoms with van der Waals surface area (Å²) in [6.45, 7) is 10.2. The van der Waals surface area contributed by atoms with Crippen molar-refractivity contribution in [3.63, 3.8) is 0 Å². The van der Waals surface area contributed by atoms with Crippen LogP contribution in [0, 0.1) is 20.8 Å². The molecule has 0 spiro atoms. The Morgan fingerprint density at radius 2 is 1.57 bits per heavy atom. The van der Waals surface area contributed by atoms with Crippen molar-refractivity contribution in [2.45, 2.75) is 50.8 Å². The first-order valence-corrected chi connectivity index (χ1v) is 8.85. The van der Waals surface area contributed by atoms with Crippen LogP contribution in [0.25, 0.3) is 0 Å². The van der Waals surface area contributed by atoms with Gasteiger partial charge < -0.3 is 5.32 Å². The molecule has 1 amide bonds. The zero-order chi connectivity index (χ0) is 17.0. The summed E-state index contributed by atoms with van der Waals surface area (Å²) in [6, 6.07) is 14.7. The summed E-state index contributed by atoms with van der Waals surface area (Å²) < 4.78 is 0. The fourth-order valence-electron chi connectivity index (χ4n) is 2.59. The number of aryl methyl sites for hydroxylation is 3. The zero-order valence-corrected chi connectivity index (χ0v) is 15.3. The van der Waals surface area contributed by atoms with Crippen LogP contribution in [0.5, 0.6) is 0 Å². The fraction of sp³-hybridized carbons (Fsp3) is 0.350. The van der Waals surface area contributed by atoms with Crippen LogP contribution in [-0.4, -0.2) is 11.2 Å². The second kappa shape index (κ2) is 7.69. The van der Waals surface area contributed by atoms with E-state index in [1.807, 2.05) is 13.8 Å². The lowest BCUT2D eigenvalue weighted by molar-refractivity contribution is -0.120. The minimum atomic E-state index is -0.120. The van der Waals surface area contributed by atoms with Crippen molar-refractivity contribution in [3.05, 3.63) is 64.7 Å². The Hall–Kier alpha value is -1.74. The van der Waals surface area contributed by atoms with E-state index < -0.39 is 0 Å². The molecular formula is C20H25NOS. The van der Waals surface area contributed by atoms with Crippen LogP contribution in [0.1, 0.15) is 42.1 Å². The van der Waals surface area contributed by atoms with Gasteiger partial charge in [-0.25, -0.2) is 0 Å². The van der Waals surface area contributed by atoms with Gasteiger partial charge in [0.15, 0.2) is 0 Å². The third-order valence-corrected chi connectivity index (χ3v) is 5.07. The van der Waals surface area contributed by atoms with Crippen molar-refractivity contribution in [2.24, 2.45) is 0 Å². The second-order valence-electron chi connectivity index (χ2n) is 6.16. The Bertz CT molecular complexity index is 679. The minimum Gasteiger partial charge on any atom is -0.349 e. The predicted octanol–water partition coefficient (Wildman–Crippen LogP) is 4.97. The summed E-state index contributed by atoms with van der Waals surface area (Å²) in [6.07, 6.45) is 0. The van der Waals surface area contributed by atoms with Gasteiger partial charge in [0.2, 0.25) is 5.91 Å². The molecule has 122 valence electrons. The van der Waals surface area contributed by atoms with E-state index in [4.69, 9.17) is 0 Å². The van der Waals surface area contributed by atoms with E-state index >= 15 is 0 Å². The Labute approximate surface area is 143 Å². The van der Waals surface area contributed by atoms with Crippen molar-refractivity contribution in [3.8, 4) is 0 Å². The number of thioether (sulfide) groups is 1. The normalized spacial score (nSPS) is 13.4. The van der Waals surface area contributed by atoms with Crippen LogP contribution in [-0.2, 0) is 4.79 Å². The summed E-state index contributed by atoms with van der Waals surface area (Å²) >= 11 is 1.59. The molecule has 0 aliphatic rings. The molecule has 1 N–H and O–H groups in total. The standard InChI is InChI=1S/C20H25NOS/c1-13-6-9-18(10-7-13)23-17(5)20(22)21-16(4)19-11-8-14(2)12-15(19)3/h6-12,16-17H,1-5H3,(H,21,22)/t16-,17+/m0/s1. The van der Waals surface area contributed by atoms with Crippen LogP contribution >= 0.6 is 11.8 Å². The van der Waals surface area contributed by atoms with Crippen molar-refractivity contribution in [1.29, 1.82) is 0 Å². The van der Waals surface area contributed by atoms with Crippen molar-refractivity contribution < 1.29 is 4.79 Å². The third kappa shape index (κ3) is 4.87. The van der Waals surface area contributed by atoms with Crippen LogP contribution in [0.15, 0.2) is 47.4 Å². The Morgan fingerprint density at radius 3 is 2.17 bits per heavy atom. The summed E-state index contributed by atoms with van der Waals surface area (Å²) in [5, 5.41) is 3.01. The van der Waals surface area contributed by atoms with Gasteiger partial charge in [-0.3, -0.25) is 4.79 Å². The number of carbonyl (C=O) groups is 1. The topological polar surface area (TPSA) is 29.1 Å². The van der Waals surface area contributed by atoms with Gasteiger partial charge in [0, 0.05) is 4.90 Å². The largest absolute Gasteiger partial charge is 0.349 e. The molecule has 0 saturated heterocycles. The summed E-state index contributed by atoms with van der Waals surface area (Å²) in [5.41, 5.74) is 4.87. The van der Waals surface area contributed by atoms with Crippen LogP contribution in [0.2, 0.25) is 0 Å². The highest BCUT2D eigenvalue weighted by Gasteiger charge is 2.18. The first kappa shape index (κ1) is 17.6. The van der Waals surface area contributed by atoms with Gasteiger partial charge in [0.1, 0.15) is 0 Å². The summed E-state index contributed by atoms with van der Waals surface area (Å²) in [5.74, 6) is 0.0723. The highest BCUT2D eigenvalue weighted by molar-refractivity contribution is 8.00. The number of carbonyl (C=O) groups excluding carboxylic acids is 1. The lowest BCUT2D eigenvalue weighted by Crippen LogP contribution is -2.33. The van der Waals surface area contributed by atoms with Crippen LogP contribution in [0.4, 0.5) is 0 Å². The number of nitrogens with one attached hydrogen (secondary N) is 1. The van der Waals surface area contributed by atoms with E-state index in [0.717, 1.165) is 4.90 Å². The molecule has 0 saturated carbocycles. The molecule has 0 aliphatic carbocycles. The maximum atomic E-state index is 12.4. The minimum absolute atomic E-state index is 0.0177. The van der Waals surface area contributed by atoms with Gasteiger partial charge >= 0.3 is 0 Å². The van der Waals surface area contributed by atoms with Crippen LogP contribution < -0.4 is 5.32 Å². The van der Waals surface area contributed by atoms with E-state index in [0.29, 0.717) is 0 Å². The molecule has 2 nitrogen and oxygen atoms in total. The smallest absolute Gasteiger partial charge is 0.233 e. The fourth-order valence-corrected chi connectivity index (χ4v) is 3.47. The van der Waals surface area contributed by atoms with Gasteiger partial charge in [-0.15, -0.1) is 11.8 Å². The number of amides is 1. The highest BCUT2D eigenvalue weighted by atomic mass is 32.2. The van der Waals surface area contributed by atoms with E-state index in [9.17, 15) is 4.79 Å². The number of benzene rings is 2. The van der Waals surface area contributed by atoms with Crippen molar-refractivity contribution >= 4 is 17.7 Å². The molecule has 0 fully saturated rings. The SMILES string of the molecule is Cc1ccc(S[C@H](C)C(=O)N[C@@H](C)c2ccc(C)cc2C)cc1. The number of rotatable bonds is 5. The monoisotopic (exact) mass is 327 g/mol. The summed E-state index contributed by atoms with van der Waals surface area (Å²) in [4.78, 5) is 13.6. The third-order valence-electron chi connectivity index (χ3n) is 3.95. The molecule has 0 aromatic heterocycles. The summed E-state index contributed by atoms with van der Waals surface area (Å²) in [7, 11) is 0. The Morgan fingerprint density at radius 1 is 0.957 bits per heavy atom. The van der Waals surface area contributed by atoms with Crippen molar-refractivity contribution in [2.75, 3.05) is 0 Å². The molecule has 2 aromatic carbocycles. The average Bonchev–Trinajstić information content (AvgIpc) is 2.49. The molecule has 2 aromatic rings. The van der Waals surface area contributed by atoms with E-state index in [1.54, 1.807) is 11.8 Å². The van der Waals surface area contributed by atoms with Crippen LogP contribution in [0.3, 0.4) is 0 Å².